The Morgan fingerprint density at radius 2 is 1.92 bits per heavy atom. The van der Waals surface area contributed by atoms with E-state index in [1.807, 2.05) is 36.4 Å². The number of hydrogen-bond donors (Lipinski definition) is 1. The molecule has 1 heterocycles. The highest BCUT2D eigenvalue weighted by Gasteiger charge is 2.35. The highest BCUT2D eigenvalue weighted by Crippen LogP contribution is 2.38. The van der Waals surface area contributed by atoms with Gasteiger partial charge in [-0.15, -0.1) is 0 Å². The number of rotatable bonds is 5. The van der Waals surface area contributed by atoms with Crippen LogP contribution in [0.3, 0.4) is 0 Å². The summed E-state index contributed by atoms with van der Waals surface area (Å²) in [6.07, 6.45) is 1.44. The van der Waals surface area contributed by atoms with Gasteiger partial charge in [0.05, 0.1) is 12.6 Å². The highest BCUT2D eigenvalue weighted by atomic mass is 19.1. The Bertz CT molecular complexity index is 717. The molecule has 0 bridgehead atoms. The third-order valence-corrected chi connectivity index (χ3v) is 4.80. The van der Waals surface area contributed by atoms with E-state index in [-0.39, 0.29) is 17.8 Å². The molecule has 1 aliphatic heterocycles. The summed E-state index contributed by atoms with van der Waals surface area (Å²) < 4.78 is 19.3. The van der Waals surface area contributed by atoms with Crippen LogP contribution in [0.5, 0.6) is 0 Å². The number of carbonyl (C=O) groups excluding carboxylic acids is 1. The van der Waals surface area contributed by atoms with Crippen LogP contribution in [0.25, 0.3) is 0 Å². The van der Waals surface area contributed by atoms with Gasteiger partial charge in [-0.2, -0.15) is 0 Å². The van der Waals surface area contributed by atoms with Crippen molar-refractivity contribution in [2.45, 2.75) is 25.8 Å². The van der Waals surface area contributed by atoms with Gasteiger partial charge < -0.3 is 10.1 Å². The van der Waals surface area contributed by atoms with Gasteiger partial charge in [-0.3, -0.25) is 4.90 Å². The number of anilines is 1. The number of nitrogens with zero attached hydrogens (tertiary/aromatic N) is 1. The number of hydrogen-bond acceptors (Lipinski definition) is 3. The van der Waals surface area contributed by atoms with E-state index in [9.17, 15) is 9.18 Å². The quantitative estimate of drug-likeness (QED) is 0.856. The number of halogens is 1. The number of piperidine rings is 1. The van der Waals surface area contributed by atoms with Crippen molar-refractivity contribution in [1.82, 2.24) is 5.32 Å². The zero-order valence-corrected chi connectivity index (χ0v) is 15.0. The smallest absolute Gasteiger partial charge is 0.414 e. The first-order valence-electron chi connectivity index (χ1n) is 9.18. The van der Waals surface area contributed by atoms with E-state index in [0.29, 0.717) is 6.61 Å². The SMILES string of the molecule is CCOC(=O)N(c1ccccc1)C(c1cccc(F)c1)C1CCNCC1. The minimum atomic E-state index is -0.397. The largest absolute Gasteiger partial charge is 0.449 e. The second kappa shape index (κ2) is 8.81. The molecule has 1 amide bonds. The topological polar surface area (TPSA) is 41.6 Å². The van der Waals surface area contributed by atoms with Gasteiger partial charge in [0.1, 0.15) is 5.82 Å². The van der Waals surface area contributed by atoms with Crippen LogP contribution in [0.1, 0.15) is 31.4 Å². The van der Waals surface area contributed by atoms with Crippen molar-refractivity contribution in [3.63, 3.8) is 0 Å². The van der Waals surface area contributed by atoms with Gasteiger partial charge in [0, 0.05) is 5.69 Å². The summed E-state index contributed by atoms with van der Waals surface area (Å²) in [5.74, 6) is -0.0685. The van der Waals surface area contributed by atoms with Crippen LogP contribution in [0, 0.1) is 11.7 Å². The molecular weight excluding hydrogens is 331 g/mol. The Hall–Kier alpha value is -2.40. The van der Waals surface area contributed by atoms with Crippen molar-refractivity contribution in [2.24, 2.45) is 5.92 Å². The molecule has 1 N–H and O–H groups in total. The van der Waals surface area contributed by atoms with Crippen LogP contribution in [0.15, 0.2) is 54.6 Å². The second-order valence-electron chi connectivity index (χ2n) is 6.49. The molecule has 2 aromatic carbocycles. The minimum Gasteiger partial charge on any atom is -0.449 e. The molecule has 0 spiro atoms. The Morgan fingerprint density at radius 3 is 2.58 bits per heavy atom. The van der Waals surface area contributed by atoms with Crippen molar-refractivity contribution in [3.05, 3.63) is 66.0 Å². The third-order valence-electron chi connectivity index (χ3n) is 4.80. The van der Waals surface area contributed by atoms with E-state index in [1.54, 1.807) is 17.9 Å². The zero-order chi connectivity index (χ0) is 18.4. The highest BCUT2D eigenvalue weighted by molar-refractivity contribution is 5.88. The van der Waals surface area contributed by atoms with Gasteiger partial charge in [0.15, 0.2) is 0 Å². The molecule has 138 valence electrons. The predicted molar refractivity (Wildman–Crippen MR) is 101 cm³/mol. The molecule has 0 radical (unpaired) electrons. The maximum atomic E-state index is 14.0. The first-order chi connectivity index (χ1) is 12.7. The lowest BCUT2D eigenvalue weighted by Gasteiger charge is -2.38. The van der Waals surface area contributed by atoms with Crippen LogP contribution in [0.2, 0.25) is 0 Å². The first-order valence-corrected chi connectivity index (χ1v) is 9.18. The second-order valence-corrected chi connectivity index (χ2v) is 6.49. The molecule has 0 aliphatic carbocycles. The van der Waals surface area contributed by atoms with Gasteiger partial charge >= 0.3 is 6.09 Å². The molecule has 1 aliphatic rings. The van der Waals surface area contributed by atoms with Crippen molar-refractivity contribution in [3.8, 4) is 0 Å². The Morgan fingerprint density at radius 1 is 1.19 bits per heavy atom. The van der Waals surface area contributed by atoms with Crippen LogP contribution in [-0.2, 0) is 4.74 Å². The molecule has 1 fully saturated rings. The standard InChI is InChI=1S/C21H25FN2O2/c1-2-26-21(25)24(19-9-4-3-5-10-19)20(16-11-13-23-14-12-16)17-7-6-8-18(22)15-17/h3-10,15-16,20,23H,2,11-14H2,1H3. The molecule has 2 aromatic rings. The van der Waals surface area contributed by atoms with E-state index in [0.717, 1.165) is 37.2 Å². The average Bonchev–Trinajstić information content (AvgIpc) is 2.67. The van der Waals surface area contributed by atoms with Crippen molar-refractivity contribution in [1.29, 1.82) is 0 Å². The van der Waals surface area contributed by atoms with Crippen LogP contribution < -0.4 is 10.2 Å². The molecule has 4 nitrogen and oxygen atoms in total. The fraction of sp³-hybridized carbons (Fsp3) is 0.381. The monoisotopic (exact) mass is 356 g/mol. The number of carbonyl (C=O) groups is 1. The number of benzene rings is 2. The molecule has 26 heavy (non-hydrogen) atoms. The lowest BCUT2D eigenvalue weighted by atomic mass is 9.84. The van der Waals surface area contributed by atoms with Crippen molar-refractivity contribution in [2.75, 3.05) is 24.6 Å². The summed E-state index contributed by atoms with van der Waals surface area (Å²) in [6.45, 7) is 3.87. The first kappa shape index (κ1) is 18.4. The lowest BCUT2D eigenvalue weighted by molar-refractivity contribution is 0.152. The van der Waals surface area contributed by atoms with Crippen molar-refractivity contribution < 1.29 is 13.9 Å². The molecule has 1 atom stereocenters. The van der Waals surface area contributed by atoms with Crippen LogP contribution in [-0.4, -0.2) is 25.8 Å². The minimum absolute atomic E-state index is 0.225. The molecule has 5 heteroatoms. The van der Waals surface area contributed by atoms with E-state index in [2.05, 4.69) is 5.32 Å². The Labute approximate surface area is 154 Å². The lowest BCUT2D eigenvalue weighted by Crippen LogP contribution is -2.42. The van der Waals surface area contributed by atoms with Gasteiger partial charge in [-0.25, -0.2) is 9.18 Å². The fourth-order valence-electron chi connectivity index (χ4n) is 3.64. The Balaban J connectivity index is 2.07. The van der Waals surface area contributed by atoms with E-state index < -0.39 is 6.09 Å². The summed E-state index contributed by atoms with van der Waals surface area (Å²) >= 11 is 0. The predicted octanol–water partition coefficient (Wildman–Crippen LogP) is 4.53. The molecular formula is C21H25FN2O2. The molecule has 1 saturated heterocycles. The maximum Gasteiger partial charge on any atom is 0.414 e. The summed E-state index contributed by atoms with van der Waals surface area (Å²) in [5.41, 5.74) is 1.56. The number of ether oxygens (including phenoxy) is 1. The summed E-state index contributed by atoms with van der Waals surface area (Å²) in [6, 6.07) is 15.8. The maximum absolute atomic E-state index is 14.0. The van der Waals surface area contributed by atoms with Gasteiger partial charge in [0.2, 0.25) is 0 Å². The van der Waals surface area contributed by atoms with Crippen LogP contribution in [0.4, 0.5) is 14.9 Å². The van der Waals surface area contributed by atoms with E-state index in [1.165, 1.54) is 12.1 Å². The van der Waals surface area contributed by atoms with Crippen LogP contribution >= 0.6 is 0 Å². The number of para-hydroxylation sites is 1. The van der Waals surface area contributed by atoms with Gasteiger partial charge in [0.25, 0.3) is 0 Å². The molecule has 0 aromatic heterocycles. The number of nitrogens with one attached hydrogen (secondary N) is 1. The summed E-state index contributed by atoms with van der Waals surface area (Å²) in [7, 11) is 0. The van der Waals surface area contributed by atoms with E-state index >= 15 is 0 Å². The summed E-state index contributed by atoms with van der Waals surface area (Å²) in [5, 5.41) is 3.36. The molecule has 0 saturated carbocycles. The zero-order valence-electron chi connectivity index (χ0n) is 15.0. The van der Waals surface area contributed by atoms with E-state index in [4.69, 9.17) is 4.74 Å². The molecule has 3 rings (SSSR count). The summed E-state index contributed by atoms with van der Waals surface area (Å²) in [4.78, 5) is 14.6. The third kappa shape index (κ3) is 4.22. The number of amides is 1. The van der Waals surface area contributed by atoms with Gasteiger partial charge in [-0.05, 0) is 68.6 Å². The van der Waals surface area contributed by atoms with Gasteiger partial charge in [-0.1, -0.05) is 30.3 Å². The average molecular weight is 356 g/mol. The Kier molecular flexibility index (Phi) is 6.23. The normalized spacial score (nSPS) is 16.1. The van der Waals surface area contributed by atoms with Crippen molar-refractivity contribution >= 4 is 11.8 Å². The fourth-order valence-corrected chi connectivity index (χ4v) is 3.64. The molecule has 1 unspecified atom stereocenters.